The first-order valence-corrected chi connectivity index (χ1v) is 16.4. The average Bonchev–Trinajstić information content (AvgIpc) is 3.81. The molecular formula is C39H30N4O4S. The number of ether oxygens (including phenoxy) is 1. The first-order valence-electron chi connectivity index (χ1n) is 15.5. The van der Waals surface area contributed by atoms with E-state index in [0.717, 1.165) is 55.6 Å². The zero-order valence-electron chi connectivity index (χ0n) is 25.9. The lowest BCUT2D eigenvalue weighted by Crippen LogP contribution is -2.15. The van der Waals surface area contributed by atoms with Crippen LogP contribution in [0.3, 0.4) is 0 Å². The van der Waals surface area contributed by atoms with E-state index in [1.807, 2.05) is 78.9 Å². The molecule has 0 aliphatic carbocycles. The van der Waals surface area contributed by atoms with Gasteiger partial charge in [-0.2, -0.15) is 0 Å². The van der Waals surface area contributed by atoms with Gasteiger partial charge in [0.2, 0.25) is 0 Å². The molecule has 0 atom stereocenters. The van der Waals surface area contributed by atoms with Gasteiger partial charge in [-0.1, -0.05) is 115 Å². The van der Waals surface area contributed by atoms with Crippen molar-refractivity contribution in [3.05, 3.63) is 156 Å². The van der Waals surface area contributed by atoms with E-state index in [1.54, 1.807) is 42.3 Å². The number of thioether (sulfide) groups is 1. The fourth-order valence-corrected chi connectivity index (χ4v) is 6.28. The van der Waals surface area contributed by atoms with Crippen LogP contribution in [-0.2, 0) is 28.2 Å². The van der Waals surface area contributed by atoms with Crippen LogP contribution in [0, 0.1) is 0 Å². The maximum atomic E-state index is 12.4. The number of pyridine rings is 1. The van der Waals surface area contributed by atoms with Gasteiger partial charge >= 0.3 is 5.97 Å². The molecule has 0 radical (unpaired) electrons. The van der Waals surface area contributed by atoms with Gasteiger partial charge in [0.05, 0.1) is 30.4 Å². The summed E-state index contributed by atoms with van der Waals surface area (Å²) < 4.78 is 13.1. The summed E-state index contributed by atoms with van der Waals surface area (Å²) in [6.45, 7) is 0.184. The van der Waals surface area contributed by atoms with Gasteiger partial charge < -0.3 is 9.15 Å². The second-order valence-corrected chi connectivity index (χ2v) is 12.1. The van der Waals surface area contributed by atoms with E-state index >= 15 is 0 Å². The summed E-state index contributed by atoms with van der Waals surface area (Å²) in [6.07, 6.45) is 1.75. The molecule has 4 aromatic carbocycles. The largest absolute Gasteiger partial charge is 0.467 e. The summed E-state index contributed by atoms with van der Waals surface area (Å²) in [6, 6.07) is 40.7. The van der Waals surface area contributed by atoms with Crippen molar-refractivity contribution < 1.29 is 18.7 Å². The lowest BCUT2D eigenvalue weighted by atomic mass is 10.0. The Labute approximate surface area is 281 Å². The molecule has 9 heteroatoms. The number of hydrogen-bond acceptors (Lipinski definition) is 8. The predicted octanol–water partition coefficient (Wildman–Crippen LogP) is 8.06. The number of aromatic nitrogens is 4. The second kappa shape index (κ2) is 14.3. The van der Waals surface area contributed by atoms with Gasteiger partial charge in [0.1, 0.15) is 5.76 Å². The number of hydrogen-bond donors (Lipinski definition) is 0. The molecule has 0 saturated carbocycles. The van der Waals surface area contributed by atoms with E-state index in [9.17, 15) is 9.59 Å². The molecule has 7 rings (SSSR count). The molecule has 0 spiro atoms. The Hall–Kier alpha value is -5.80. The Morgan fingerprint density at radius 1 is 0.771 bits per heavy atom. The van der Waals surface area contributed by atoms with Crippen molar-refractivity contribution in [3.63, 3.8) is 0 Å². The molecule has 7 aromatic rings. The molecule has 0 bridgehead atoms. The number of esters is 1. The van der Waals surface area contributed by atoms with Crippen LogP contribution in [0.1, 0.15) is 27.2 Å². The number of fused-ring (bicyclic) bond motifs is 1. The van der Waals surface area contributed by atoms with Crippen molar-refractivity contribution in [1.29, 1.82) is 0 Å². The molecule has 0 aliphatic heterocycles. The van der Waals surface area contributed by atoms with Crippen molar-refractivity contribution in [2.24, 2.45) is 0 Å². The molecule has 3 heterocycles. The fraction of sp³-hybridized carbons (Fsp3) is 0.103. The van der Waals surface area contributed by atoms with Gasteiger partial charge in [0.25, 0.3) is 0 Å². The number of carbonyl (C=O) groups is 2. The minimum atomic E-state index is -0.445. The average molecular weight is 651 g/mol. The highest BCUT2D eigenvalue weighted by Crippen LogP contribution is 2.34. The molecule has 0 unspecified atom stereocenters. The normalized spacial score (nSPS) is 11.1. The van der Waals surface area contributed by atoms with Crippen molar-refractivity contribution in [2.75, 3.05) is 6.61 Å². The predicted molar refractivity (Wildman–Crippen MR) is 185 cm³/mol. The number of furan rings is 1. The van der Waals surface area contributed by atoms with Crippen molar-refractivity contribution >= 4 is 34.4 Å². The lowest BCUT2D eigenvalue weighted by Gasteiger charge is -2.12. The number of para-hydroxylation sites is 1. The second-order valence-electron chi connectivity index (χ2n) is 11.1. The molecule has 0 fully saturated rings. The van der Waals surface area contributed by atoms with Gasteiger partial charge in [-0.3, -0.25) is 14.2 Å². The summed E-state index contributed by atoms with van der Waals surface area (Å²) in [7, 11) is 0. The Kier molecular flexibility index (Phi) is 9.20. The van der Waals surface area contributed by atoms with Crippen LogP contribution >= 0.6 is 11.8 Å². The topological polar surface area (TPSA) is 100 Å². The van der Waals surface area contributed by atoms with Crippen molar-refractivity contribution in [1.82, 2.24) is 19.7 Å². The fourth-order valence-electron chi connectivity index (χ4n) is 5.39. The standard InChI is InChI=1S/C39H30N4O4S/c44-36(30-12-5-2-6-13-30)25-47-37(45)22-27-17-19-28(20-18-27)26-48-39-42-41-38(43(39)24-31-14-9-21-46-31)33-23-35(29-10-3-1-4-11-29)40-34-16-8-7-15-32(33)34/h1-21,23H,22,24-26H2. The Bertz CT molecular complexity index is 2160. The Balaban J connectivity index is 1.09. The Morgan fingerprint density at radius 3 is 2.27 bits per heavy atom. The summed E-state index contributed by atoms with van der Waals surface area (Å²) in [5.41, 5.74) is 6.08. The first-order chi connectivity index (χ1) is 23.6. The highest BCUT2D eigenvalue weighted by molar-refractivity contribution is 7.98. The number of rotatable bonds is 12. The molecule has 48 heavy (non-hydrogen) atoms. The van der Waals surface area contributed by atoms with Crippen LogP contribution in [0.5, 0.6) is 0 Å². The summed E-state index contributed by atoms with van der Waals surface area (Å²) in [4.78, 5) is 29.6. The summed E-state index contributed by atoms with van der Waals surface area (Å²) in [5.74, 6) is 1.48. The summed E-state index contributed by atoms with van der Waals surface area (Å²) in [5, 5.41) is 11.1. The van der Waals surface area contributed by atoms with E-state index < -0.39 is 5.97 Å². The van der Waals surface area contributed by atoms with Crippen LogP contribution in [0.4, 0.5) is 0 Å². The highest BCUT2D eigenvalue weighted by atomic mass is 32.2. The van der Waals surface area contributed by atoms with Crippen LogP contribution in [0.15, 0.2) is 143 Å². The molecule has 0 aliphatic rings. The zero-order valence-corrected chi connectivity index (χ0v) is 26.7. The minimum absolute atomic E-state index is 0.0845. The van der Waals surface area contributed by atoms with Gasteiger partial charge in [-0.15, -0.1) is 10.2 Å². The third-order valence-electron chi connectivity index (χ3n) is 7.84. The van der Waals surface area contributed by atoms with E-state index in [2.05, 4.69) is 33.9 Å². The number of nitrogens with zero attached hydrogens (tertiary/aromatic N) is 4. The third kappa shape index (κ3) is 7.11. The van der Waals surface area contributed by atoms with E-state index in [1.165, 1.54) is 0 Å². The van der Waals surface area contributed by atoms with E-state index in [0.29, 0.717) is 17.9 Å². The van der Waals surface area contributed by atoms with Crippen molar-refractivity contribution in [2.45, 2.75) is 23.9 Å². The molecule has 236 valence electrons. The van der Waals surface area contributed by atoms with Gasteiger partial charge in [-0.05, 0) is 35.4 Å². The van der Waals surface area contributed by atoms with Crippen molar-refractivity contribution in [3.8, 4) is 22.6 Å². The SMILES string of the molecule is O=C(Cc1ccc(CSc2nnc(-c3cc(-c4ccccc4)nc4ccccc34)n2Cc2ccco2)cc1)OCC(=O)c1ccccc1. The van der Waals surface area contributed by atoms with Crippen LogP contribution in [0.2, 0.25) is 0 Å². The number of benzene rings is 4. The zero-order chi connectivity index (χ0) is 32.7. The summed E-state index contributed by atoms with van der Waals surface area (Å²) >= 11 is 1.58. The molecular weight excluding hydrogens is 621 g/mol. The van der Waals surface area contributed by atoms with Gasteiger partial charge in [0, 0.05) is 27.8 Å². The number of ketones is 1. The van der Waals surface area contributed by atoms with Gasteiger partial charge in [0.15, 0.2) is 23.4 Å². The number of carbonyl (C=O) groups excluding carboxylic acids is 2. The first kappa shape index (κ1) is 30.8. The third-order valence-corrected chi connectivity index (χ3v) is 8.87. The highest BCUT2D eigenvalue weighted by Gasteiger charge is 2.20. The smallest absolute Gasteiger partial charge is 0.310 e. The molecule has 3 aromatic heterocycles. The molecule has 0 amide bonds. The van der Waals surface area contributed by atoms with Gasteiger partial charge in [-0.25, -0.2) is 4.98 Å². The Morgan fingerprint density at radius 2 is 1.50 bits per heavy atom. The lowest BCUT2D eigenvalue weighted by molar-refractivity contribution is -0.141. The van der Waals surface area contributed by atoms with Crippen LogP contribution < -0.4 is 0 Å². The number of Topliss-reactive ketones (excluding diaryl/α,β-unsaturated/α-hetero) is 1. The quantitative estimate of drug-likeness (QED) is 0.0744. The molecule has 8 nitrogen and oxygen atoms in total. The van der Waals surface area contributed by atoms with E-state index in [-0.39, 0.29) is 18.8 Å². The van der Waals surface area contributed by atoms with Crippen LogP contribution in [0.25, 0.3) is 33.5 Å². The van der Waals surface area contributed by atoms with Crippen LogP contribution in [-0.4, -0.2) is 38.1 Å². The minimum Gasteiger partial charge on any atom is -0.467 e. The maximum absolute atomic E-state index is 12.4. The monoisotopic (exact) mass is 650 g/mol. The molecule has 0 N–H and O–H groups in total. The van der Waals surface area contributed by atoms with E-state index in [4.69, 9.17) is 19.2 Å². The molecule has 0 saturated heterocycles. The maximum Gasteiger partial charge on any atom is 0.310 e.